The van der Waals surface area contributed by atoms with Crippen molar-refractivity contribution in [2.45, 2.75) is 6.42 Å². The Morgan fingerprint density at radius 2 is 1.94 bits per heavy atom. The van der Waals surface area contributed by atoms with Crippen molar-refractivity contribution >= 4 is 12.4 Å². The topological polar surface area (TPSA) is 72.3 Å². The molecule has 0 spiro atoms. The van der Waals surface area contributed by atoms with Gasteiger partial charge in [0.2, 0.25) is 0 Å². The van der Waals surface area contributed by atoms with Crippen molar-refractivity contribution in [2.24, 2.45) is 5.73 Å². The van der Waals surface area contributed by atoms with Crippen molar-refractivity contribution in [1.29, 1.82) is 0 Å². The molecule has 0 fully saturated rings. The molecule has 0 saturated carbocycles. The first-order valence-corrected chi connectivity index (χ1v) is 4.74. The first kappa shape index (κ1) is 12.5. The maximum atomic E-state index is 9.16. The summed E-state index contributed by atoms with van der Waals surface area (Å²) in [5.41, 5.74) is 7.37. The predicted molar refractivity (Wildman–Crippen MR) is 63.6 cm³/mol. The monoisotopic (exact) mass is 240 g/mol. The number of nitrogens with zero attached hydrogens (tertiary/aromatic N) is 1. The molecule has 86 valence electrons. The number of phenolic OH excluding ortho intramolecular Hbond substituents is 1. The molecular weight excluding hydrogens is 228 g/mol. The van der Waals surface area contributed by atoms with Crippen LogP contribution in [0.2, 0.25) is 0 Å². The van der Waals surface area contributed by atoms with Gasteiger partial charge in [-0.15, -0.1) is 12.4 Å². The van der Waals surface area contributed by atoms with Gasteiger partial charge in [-0.05, 0) is 37.2 Å². The zero-order valence-electron chi connectivity index (χ0n) is 8.59. The van der Waals surface area contributed by atoms with E-state index in [0.717, 1.165) is 23.3 Å². The van der Waals surface area contributed by atoms with Crippen molar-refractivity contribution < 1.29 is 9.63 Å². The first-order valence-electron chi connectivity index (χ1n) is 4.74. The highest BCUT2D eigenvalue weighted by atomic mass is 35.5. The van der Waals surface area contributed by atoms with E-state index < -0.39 is 0 Å². The first-order chi connectivity index (χ1) is 7.31. The Morgan fingerprint density at radius 1 is 1.25 bits per heavy atom. The molecule has 0 amide bonds. The maximum absolute atomic E-state index is 9.16. The maximum Gasteiger partial charge on any atom is 0.170 e. The number of aromatic nitrogens is 1. The lowest BCUT2D eigenvalue weighted by Gasteiger charge is -1.99. The number of hydrogen-bond donors (Lipinski definition) is 2. The van der Waals surface area contributed by atoms with Gasteiger partial charge in [-0.25, -0.2) is 0 Å². The lowest BCUT2D eigenvalue weighted by molar-refractivity contribution is 0.431. The van der Waals surface area contributed by atoms with Crippen molar-refractivity contribution in [1.82, 2.24) is 5.16 Å². The molecule has 0 aliphatic carbocycles. The molecule has 0 radical (unpaired) electrons. The highest BCUT2D eigenvalue weighted by molar-refractivity contribution is 5.85. The molecule has 16 heavy (non-hydrogen) atoms. The van der Waals surface area contributed by atoms with Crippen LogP contribution in [0.25, 0.3) is 11.3 Å². The van der Waals surface area contributed by atoms with Gasteiger partial charge in [0.25, 0.3) is 0 Å². The van der Waals surface area contributed by atoms with Gasteiger partial charge >= 0.3 is 0 Å². The molecular formula is C11H13ClN2O2. The van der Waals surface area contributed by atoms with Crippen molar-refractivity contribution in [2.75, 3.05) is 6.54 Å². The van der Waals surface area contributed by atoms with E-state index in [4.69, 9.17) is 15.4 Å². The van der Waals surface area contributed by atoms with E-state index in [1.807, 2.05) is 0 Å². The molecule has 2 rings (SSSR count). The molecule has 1 aromatic carbocycles. The molecule has 1 aromatic heterocycles. The summed E-state index contributed by atoms with van der Waals surface area (Å²) >= 11 is 0. The Balaban J connectivity index is 0.00000128. The van der Waals surface area contributed by atoms with Crippen molar-refractivity contribution in [3.05, 3.63) is 36.0 Å². The smallest absolute Gasteiger partial charge is 0.170 e. The van der Waals surface area contributed by atoms with Gasteiger partial charge in [-0.2, -0.15) is 0 Å². The van der Waals surface area contributed by atoms with Crippen LogP contribution in [0.1, 0.15) is 5.56 Å². The van der Waals surface area contributed by atoms with E-state index in [9.17, 15) is 0 Å². The molecule has 0 unspecified atom stereocenters. The molecule has 0 atom stereocenters. The minimum atomic E-state index is 0. The van der Waals surface area contributed by atoms with Crippen LogP contribution in [0.5, 0.6) is 5.75 Å². The van der Waals surface area contributed by atoms with Crippen LogP contribution in [-0.4, -0.2) is 16.8 Å². The Hall–Kier alpha value is -1.52. The van der Waals surface area contributed by atoms with Crippen LogP contribution in [-0.2, 0) is 6.42 Å². The SMILES string of the molecule is Cl.NCCc1cnoc1-c1ccc(O)cc1. The van der Waals surface area contributed by atoms with Gasteiger partial charge in [0.05, 0.1) is 6.20 Å². The normalized spacial score (nSPS) is 9.81. The average Bonchev–Trinajstić information content (AvgIpc) is 2.68. The standard InChI is InChI=1S/C11H12N2O2.ClH/c12-6-5-9-7-13-15-11(9)8-1-3-10(14)4-2-8;/h1-4,7,14H,5-6,12H2;1H. The number of hydrogen-bond acceptors (Lipinski definition) is 4. The van der Waals surface area contributed by atoms with Gasteiger partial charge in [-0.1, -0.05) is 5.16 Å². The average molecular weight is 241 g/mol. The predicted octanol–water partition coefficient (Wildman–Crippen LogP) is 1.97. The third kappa shape index (κ3) is 2.53. The third-order valence-electron chi connectivity index (χ3n) is 2.19. The molecule has 0 aliphatic heterocycles. The van der Waals surface area contributed by atoms with Gasteiger partial charge in [-0.3, -0.25) is 0 Å². The second-order valence-electron chi connectivity index (χ2n) is 3.27. The van der Waals surface area contributed by atoms with Crippen LogP contribution in [0.15, 0.2) is 35.0 Å². The summed E-state index contributed by atoms with van der Waals surface area (Å²) < 4.78 is 5.16. The molecule has 0 aliphatic rings. The van der Waals surface area contributed by atoms with E-state index in [2.05, 4.69) is 5.16 Å². The molecule has 0 saturated heterocycles. The van der Waals surface area contributed by atoms with E-state index in [0.29, 0.717) is 6.54 Å². The molecule has 1 heterocycles. The summed E-state index contributed by atoms with van der Waals surface area (Å²) in [5, 5.41) is 12.9. The van der Waals surface area contributed by atoms with Crippen LogP contribution < -0.4 is 5.73 Å². The van der Waals surface area contributed by atoms with E-state index in [1.165, 1.54) is 0 Å². The number of nitrogens with two attached hydrogens (primary N) is 1. The third-order valence-corrected chi connectivity index (χ3v) is 2.19. The second kappa shape index (κ2) is 5.53. The van der Waals surface area contributed by atoms with Crippen molar-refractivity contribution in [3.8, 4) is 17.1 Å². The molecule has 2 aromatic rings. The van der Waals surface area contributed by atoms with Crippen LogP contribution in [0, 0.1) is 0 Å². The number of aromatic hydroxyl groups is 1. The zero-order valence-corrected chi connectivity index (χ0v) is 9.41. The summed E-state index contributed by atoms with van der Waals surface area (Å²) in [7, 11) is 0. The molecule has 4 nitrogen and oxygen atoms in total. The highest BCUT2D eigenvalue weighted by Gasteiger charge is 2.09. The summed E-state index contributed by atoms with van der Waals surface area (Å²) in [6.07, 6.45) is 2.41. The highest BCUT2D eigenvalue weighted by Crippen LogP contribution is 2.25. The Morgan fingerprint density at radius 3 is 2.56 bits per heavy atom. The van der Waals surface area contributed by atoms with Gasteiger partial charge < -0.3 is 15.4 Å². The minimum Gasteiger partial charge on any atom is -0.508 e. The Labute approximate surface area is 99.5 Å². The number of phenols is 1. The van der Waals surface area contributed by atoms with Crippen LogP contribution >= 0.6 is 12.4 Å². The fourth-order valence-electron chi connectivity index (χ4n) is 1.44. The van der Waals surface area contributed by atoms with Crippen molar-refractivity contribution in [3.63, 3.8) is 0 Å². The lowest BCUT2D eigenvalue weighted by Crippen LogP contribution is -2.02. The van der Waals surface area contributed by atoms with Crippen LogP contribution in [0.3, 0.4) is 0 Å². The fourth-order valence-corrected chi connectivity index (χ4v) is 1.44. The summed E-state index contributed by atoms with van der Waals surface area (Å²) in [6, 6.07) is 6.81. The second-order valence-corrected chi connectivity index (χ2v) is 3.27. The number of rotatable bonds is 3. The van der Waals surface area contributed by atoms with Gasteiger partial charge in [0.15, 0.2) is 5.76 Å². The quantitative estimate of drug-likeness (QED) is 0.861. The Bertz CT molecular complexity index is 440. The largest absolute Gasteiger partial charge is 0.508 e. The van der Waals surface area contributed by atoms with Gasteiger partial charge in [0, 0.05) is 11.1 Å². The molecule has 5 heteroatoms. The minimum absolute atomic E-state index is 0. The summed E-state index contributed by atoms with van der Waals surface area (Å²) in [5.74, 6) is 0.957. The molecule has 0 bridgehead atoms. The Kier molecular flexibility index (Phi) is 4.34. The fraction of sp³-hybridized carbons (Fsp3) is 0.182. The van der Waals surface area contributed by atoms with Crippen LogP contribution in [0.4, 0.5) is 0 Å². The summed E-state index contributed by atoms with van der Waals surface area (Å²) in [6.45, 7) is 0.562. The van der Waals surface area contributed by atoms with E-state index in [-0.39, 0.29) is 18.2 Å². The summed E-state index contributed by atoms with van der Waals surface area (Å²) in [4.78, 5) is 0. The number of benzene rings is 1. The van der Waals surface area contributed by atoms with E-state index >= 15 is 0 Å². The van der Waals surface area contributed by atoms with E-state index in [1.54, 1.807) is 30.5 Å². The van der Waals surface area contributed by atoms with Gasteiger partial charge in [0.1, 0.15) is 5.75 Å². The molecule has 3 N–H and O–H groups in total. The lowest BCUT2D eigenvalue weighted by atomic mass is 10.1. The number of halogens is 1. The zero-order chi connectivity index (χ0) is 10.7.